The number of aromatic nitrogens is 2. The van der Waals surface area contributed by atoms with Gasteiger partial charge in [0.25, 0.3) is 5.91 Å². The third kappa shape index (κ3) is 2.16. The monoisotopic (exact) mass is 247 g/mol. The Hall–Kier alpha value is -1.32. The van der Waals surface area contributed by atoms with Crippen molar-refractivity contribution in [3.8, 4) is 0 Å². The molecular weight excluding hydrogens is 226 g/mol. The fourth-order valence-electron chi connectivity index (χ4n) is 3.18. The standard InChI is InChI=1S/C14H21N3O/c1-9-6-7-12-11(8-9)13(17-16-12)14(18)15-10-4-2-3-5-10/h9-10H,2-8H2,1H3,(H,15,18)(H,16,17)/t9-/m1/s1. The Balaban J connectivity index is 1.75. The molecule has 4 nitrogen and oxygen atoms in total. The number of H-pyrrole nitrogens is 1. The number of aryl methyl sites for hydroxylation is 1. The summed E-state index contributed by atoms with van der Waals surface area (Å²) in [6, 6.07) is 0.367. The first-order valence-corrected chi connectivity index (χ1v) is 7.11. The van der Waals surface area contributed by atoms with Crippen LogP contribution in [0.3, 0.4) is 0 Å². The zero-order chi connectivity index (χ0) is 12.5. The Morgan fingerprint density at radius 1 is 1.33 bits per heavy atom. The number of hydrogen-bond donors (Lipinski definition) is 2. The molecule has 2 aliphatic rings. The Morgan fingerprint density at radius 2 is 2.11 bits per heavy atom. The topological polar surface area (TPSA) is 57.8 Å². The molecule has 2 aliphatic carbocycles. The van der Waals surface area contributed by atoms with Crippen LogP contribution in [-0.2, 0) is 12.8 Å². The number of fused-ring (bicyclic) bond motifs is 1. The van der Waals surface area contributed by atoms with E-state index in [1.165, 1.54) is 25.0 Å². The van der Waals surface area contributed by atoms with Gasteiger partial charge in [0.15, 0.2) is 5.69 Å². The van der Waals surface area contributed by atoms with E-state index >= 15 is 0 Å². The van der Waals surface area contributed by atoms with E-state index in [1.807, 2.05) is 0 Å². The third-order valence-corrected chi connectivity index (χ3v) is 4.30. The lowest BCUT2D eigenvalue weighted by Crippen LogP contribution is -2.33. The second kappa shape index (κ2) is 4.75. The molecule has 18 heavy (non-hydrogen) atoms. The lowest BCUT2D eigenvalue weighted by molar-refractivity contribution is 0.0931. The SMILES string of the molecule is C[C@@H]1CCc2[nH]nc(C(=O)NC3CCCC3)c2C1. The largest absolute Gasteiger partial charge is 0.348 e. The number of carbonyl (C=O) groups is 1. The van der Waals surface area contributed by atoms with E-state index in [9.17, 15) is 4.79 Å². The minimum atomic E-state index is 0.0218. The molecule has 0 aromatic carbocycles. The zero-order valence-electron chi connectivity index (χ0n) is 11.0. The van der Waals surface area contributed by atoms with Gasteiger partial charge in [-0.05, 0) is 38.0 Å². The van der Waals surface area contributed by atoms with Gasteiger partial charge in [0.1, 0.15) is 0 Å². The van der Waals surface area contributed by atoms with Gasteiger partial charge >= 0.3 is 0 Å². The van der Waals surface area contributed by atoms with Gasteiger partial charge in [0, 0.05) is 17.3 Å². The predicted octanol–water partition coefficient (Wildman–Crippen LogP) is 2.21. The fourth-order valence-corrected chi connectivity index (χ4v) is 3.18. The molecule has 1 aromatic heterocycles. The zero-order valence-corrected chi connectivity index (χ0v) is 11.0. The van der Waals surface area contributed by atoms with Crippen molar-refractivity contribution in [2.75, 3.05) is 0 Å². The predicted molar refractivity (Wildman–Crippen MR) is 69.5 cm³/mol. The first-order valence-electron chi connectivity index (χ1n) is 7.11. The van der Waals surface area contributed by atoms with Gasteiger partial charge in [0.2, 0.25) is 0 Å². The molecular formula is C14H21N3O. The van der Waals surface area contributed by atoms with Crippen molar-refractivity contribution in [1.82, 2.24) is 15.5 Å². The number of hydrogen-bond acceptors (Lipinski definition) is 2. The Morgan fingerprint density at radius 3 is 2.89 bits per heavy atom. The maximum atomic E-state index is 12.2. The van der Waals surface area contributed by atoms with E-state index in [0.29, 0.717) is 17.7 Å². The van der Waals surface area contributed by atoms with Gasteiger partial charge in [-0.3, -0.25) is 9.89 Å². The van der Waals surface area contributed by atoms with Crippen molar-refractivity contribution >= 4 is 5.91 Å². The molecule has 1 amide bonds. The summed E-state index contributed by atoms with van der Waals surface area (Å²) in [6.07, 6.45) is 7.92. The summed E-state index contributed by atoms with van der Waals surface area (Å²) in [5.41, 5.74) is 2.97. The van der Waals surface area contributed by atoms with Crippen LogP contribution in [0.5, 0.6) is 0 Å². The molecule has 0 unspecified atom stereocenters. The van der Waals surface area contributed by atoms with Crippen molar-refractivity contribution in [1.29, 1.82) is 0 Å². The maximum absolute atomic E-state index is 12.2. The minimum absolute atomic E-state index is 0.0218. The lowest BCUT2D eigenvalue weighted by atomic mass is 9.87. The van der Waals surface area contributed by atoms with E-state index < -0.39 is 0 Å². The molecule has 0 bridgehead atoms. The van der Waals surface area contributed by atoms with E-state index in [1.54, 1.807) is 0 Å². The van der Waals surface area contributed by atoms with E-state index in [-0.39, 0.29) is 5.91 Å². The smallest absolute Gasteiger partial charge is 0.272 e. The quantitative estimate of drug-likeness (QED) is 0.841. The van der Waals surface area contributed by atoms with Crippen LogP contribution >= 0.6 is 0 Å². The Labute approximate surface area is 108 Å². The Kier molecular flexibility index (Phi) is 3.10. The second-order valence-corrected chi connectivity index (χ2v) is 5.83. The summed E-state index contributed by atoms with van der Waals surface area (Å²) in [5, 5.41) is 10.4. The summed E-state index contributed by atoms with van der Waals surface area (Å²) in [4.78, 5) is 12.2. The maximum Gasteiger partial charge on any atom is 0.272 e. The summed E-state index contributed by atoms with van der Waals surface area (Å²) in [6.45, 7) is 2.24. The lowest BCUT2D eigenvalue weighted by Gasteiger charge is -2.18. The van der Waals surface area contributed by atoms with Crippen LogP contribution in [0.4, 0.5) is 0 Å². The number of carbonyl (C=O) groups excluding carboxylic acids is 1. The van der Waals surface area contributed by atoms with Crippen LogP contribution < -0.4 is 5.32 Å². The van der Waals surface area contributed by atoms with Crippen molar-refractivity contribution in [2.24, 2.45) is 5.92 Å². The van der Waals surface area contributed by atoms with Gasteiger partial charge < -0.3 is 5.32 Å². The molecule has 1 atom stereocenters. The summed E-state index contributed by atoms with van der Waals surface area (Å²) >= 11 is 0. The van der Waals surface area contributed by atoms with Gasteiger partial charge in [-0.25, -0.2) is 0 Å². The number of nitrogens with zero attached hydrogens (tertiary/aromatic N) is 1. The van der Waals surface area contributed by atoms with Crippen molar-refractivity contribution in [2.45, 2.75) is 57.9 Å². The molecule has 0 saturated heterocycles. The number of aromatic amines is 1. The molecule has 1 fully saturated rings. The molecule has 3 rings (SSSR count). The van der Waals surface area contributed by atoms with E-state index in [2.05, 4.69) is 22.4 Å². The highest BCUT2D eigenvalue weighted by Crippen LogP contribution is 2.26. The van der Waals surface area contributed by atoms with Gasteiger partial charge in [0.05, 0.1) is 0 Å². The third-order valence-electron chi connectivity index (χ3n) is 4.30. The molecule has 1 heterocycles. The summed E-state index contributed by atoms with van der Waals surface area (Å²) in [5.74, 6) is 0.682. The average molecular weight is 247 g/mol. The number of rotatable bonds is 2. The highest BCUT2D eigenvalue weighted by Gasteiger charge is 2.26. The van der Waals surface area contributed by atoms with Crippen LogP contribution in [0, 0.1) is 5.92 Å². The van der Waals surface area contributed by atoms with Crippen LogP contribution in [-0.4, -0.2) is 22.1 Å². The molecule has 2 N–H and O–H groups in total. The molecule has 4 heteroatoms. The first kappa shape index (κ1) is 11.8. The fraction of sp³-hybridized carbons (Fsp3) is 0.714. The van der Waals surface area contributed by atoms with Gasteiger partial charge in [-0.2, -0.15) is 5.10 Å². The summed E-state index contributed by atoms with van der Waals surface area (Å²) < 4.78 is 0. The minimum Gasteiger partial charge on any atom is -0.348 e. The molecule has 1 aromatic rings. The van der Waals surface area contributed by atoms with Gasteiger partial charge in [-0.1, -0.05) is 19.8 Å². The average Bonchev–Trinajstić information content (AvgIpc) is 2.97. The Bertz CT molecular complexity index is 446. The normalized spacial score (nSPS) is 23.9. The molecule has 1 saturated carbocycles. The number of nitrogens with one attached hydrogen (secondary N) is 2. The first-order chi connectivity index (χ1) is 8.74. The van der Waals surface area contributed by atoms with Crippen LogP contribution in [0.25, 0.3) is 0 Å². The van der Waals surface area contributed by atoms with Crippen LogP contribution in [0.1, 0.15) is 60.8 Å². The molecule has 0 radical (unpaired) electrons. The molecule has 98 valence electrons. The van der Waals surface area contributed by atoms with E-state index in [4.69, 9.17) is 0 Å². The second-order valence-electron chi connectivity index (χ2n) is 5.83. The number of amides is 1. The van der Waals surface area contributed by atoms with Crippen LogP contribution in [0.2, 0.25) is 0 Å². The summed E-state index contributed by atoms with van der Waals surface area (Å²) in [7, 11) is 0. The highest BCUT2D eigenvalue weighted by molar-refractivity contribution is 5.94. The highest BCUT2D eigenvalue weighted by atomic mass is 16.2. The molecule has 0 aliphatic heterocycles. The van der Waals surface area contributed by atoms with Crippen molar-refractivity contribution in [3.05, 3.63) is 17.0 Å². The van der Waals surface area contributed by atoms with Crippen molar-refractivity contribution in [3.63, 3.8) is 0 Å². The van der Waals surface area contributed by atoms with E-state index in [0.717, 1.165) is 31.2 Å². The van der Waals surface area contributed by atoms with Gasteiger partial charge in [-0.15, -0.1) is 0 Å². The van der Waals surface area contributed by atoms with Crippen molar-refractivity contribution < 1.29 is 4.79 Å². The van der Waals surface area contributed by atoms with Crippen LogP contribution in [0.15, 0.2) is 0 Å². The molecule has 0 spiro atoms.